The fourth-order valence-electron chi connectivity index (χ4n) is 1.73. The number of aliphatic hydroxyl groups excluding tert-OH is 2. The summed E-state index contributed by atoms with van der Waals surface area (Å²) in [5.41, 5.74) is 0.481. The van der Waals surface area contributed by atoms with Crippen molar-refractivity contribution >= 4 is 5.78 Å². The van der Waals surface area contributed by atoms with E-state index in [0.717, 1.165) is 0 Å². The highest BCUT2D eigenvalue weighted by molar-refractivity contribution is 6.00. The van der Waals surface area contributed by atoms with E-state index in [0.29, 0.717) is 12.0 Å². The van der Waals surface area contributed by atoms with Gasteiger partial charge in [-0.3, -0.25) is 4.79 Å². The van der Waals surface area contributed by atoms with Crippen LogP contribution in [0.3, 0.4) is 0 Å². The summed E-state index contributed by atoms with van der Waals surface area (Å²) in [7, 11) is 0. The molecule has 0 atom stereocenters. The smallest absolute Gasteiger partial charge is 0.181 e. The Morgan fingerprint density at radius 2 is 1.62 bits per heavy atom. The number of carbonyl (C=O) groups excluding carboxylic acids is 1. The van der Waals surface area contributed by atoms with E-state index >= 15 is 0 Å². The van der Waals surface area contributed by atoms with Crippen molar-refractivity contribution in [2.24, 2.45) is 5.92 Å². The van der Waals surface area contributed by atoms with Gasteiger partial charge < -0.3 is 10.2 Å². The third-order valence-electron chi connectivity index (χ3n) is 2.57. The lowest BCUT2D eigenvalue weighted by molar-refractivity contribution is 0.0903. The molecule has 3 heteroatoms. The van der Waals surface area contributed by atoms with Crippen LogP contribution < -0.4 is 0 Å². The molecule has 0 radical (unpaired) electrons. The molecule has 0 heterocycles. The fourth-order valence-corrected chi connectivity index (χ4v) is 1.73. The van der Waals surface area contributed by atoms with Gasteiger partial charge in [0.1, 0.15) is 17.4 Å². The maximum atomic E-state index is 12.0. The number of ketones is 1. The second-order valence-corrected chi connectivity index (χ2v) is 3.66. The molecule has 0 amide bonds. The monoisotopic (exact) mass is 216 g/mol. The third-order valence-corrected chi connectivity index (χ3v) is 2.57. The maximum absolute atomic E-state index is 12.0. The maximum Gasteiger partial charge on any atom is 0.181 e. The van der Waals surface area contributed by atoms with Gasteiger partial charge in [-0.05, 0) is 18.6 Å². The van der Waals surface area contributed by atoms with E-state index in [2.05, 4.69) is 0 Å². The second-order valence-electron chi connectivity index (χ2n) is 3.66. The van der Waals surface area contributed by atoms with Crippen molar-refractivity contribution in [3.05, 3.63) is 59.6 Å². The molecule has 0 unspecified atom stereocenters. The van der Waals surface area contributed by atoms with E-state index in [1.54, 1.807) is 24.3 Å². The molecule has 0 aromatic heterocycles. The number of hydrogen-bond donors (Lipinski definition) is 2. The molecule has 82 valence electrons. The van der Waals surface area contributed by atoms with Crippen molar-refractivity contribution in [2.75, 3.05) is 0 Å². The number of Topliss-reactive ketones (excluding diaryl/α,β-unsaturated/α-hetero) is 1. The molecule has 0 bridgehead atoms. The summed E-state index contributed by atoms with van der Waals surface area (Å²) in [4.78, 5) is 12.0. The lowest BCUT2D eigenvalue weighted by Gasteiger charge is -2.17. The Bertz CT molecular complexity index is 439. The molecule has 0 spiro atoms. The average molecular weight is 216 g/mol. The first-order valence-corrected chi connectivity index (χ1v) is 5.07. The average Bonchev–Trinajstić information content (AvgIpc) is 2.30. The minimum Gasteiger partial charge on any atom is -0.511 e. The number of hydrogen-bond acceptors (Lipinski definition) is 3. The normalized spacial score (nSPS) is 16.5. The number of rotatable bonds is 2. The van der Waals surface area contributed by atoms with Gasteiger partial charge >= 0.3 is 0 Å². The molecule has 1 aromatic rings. The first-order chi connectivity index (χ1) is 7.70. The fraction of sp³-hybridized carbons (Fsp3) is 0.154. The molecular weight excluding hydrogens is 204 g/mol. The predicted molar refractivity (Wildman–Crippen MR) is 60.3 cm³/mol. The van der Waals surface area contributed by atoms with Crippen LogP contribution in [0.1, 0.15) is 16.8 Å². The molecule has 2 N–H and O–H groups in total. The van der Waals surface area contributed by atoms with Gasteiger partial charge in [-0.25, -0.2) is 0 Å². The summed E-state index contributed by atoms with van der Waals surface area (Å²) in [5, 5.41) is 19.2. The summed E-state index contributed by atoms with van der Waals surface area (Å²) in [6.45, 7) is 0. The van der Waals surface area contributed by atoms with Crippen LogP contribution in [-0.2, 0) is 0 Å². The minimum absolute atomic E-state index is 0.0751. The summed E-state index contributed by atoms with van der Waals surface area (Å²) in [6, 6.07) is 8.63. The van der Waals surface area contributed by atoms with Crippen molar-refractivity contribution in [2.45, 2.75) is 6.42 Å². The van der Waals surface area contributed by atoms with Crippen molar-refractivity contribution in [3.63, 3.8) is 0 Å². The molecule has 1 aliphatic carbocycles. The summed E-state index contributed by atoms with van der Waals surface area (Å²) in [6.07, 6.45) is 3.52. The van der Waals surface area contributed by atoms with Crippen LogP contribution in [0.4, 0.5) is 0 Å². The summed E-state index contributed by atoms with van der Waals surface area (Å²) < 4.78 is 0. The zero-order chi connectivity index (χ0) is 11.5. The Hall–Kier alpha value is -2.03. The van der Waals surface area contributed by atoms with Gasteiger partial charge in [0.2, 0.25) is 0 Å². The van der Waals surface area contributed by atoms with Crippen LogP contribution >= 0.6 is 0 Å². The molecule has 3 nitrogen and oxygen atoms in total. The van der Waals surface area contributed by atoms with E-state index < -0.39 is 5.92 Å². The van der Waals surface area contributed by atoms with Crippen LogP contribution in [0.5, 0.6) is 0 Å². The van der Waals surface area contributed by atoms with Gasteiger partial charge in [0.15, 0.2) is 5.78 Å². The van der Waals surface area contributed by atoms with Crippen molar-refractivity contribution in [3.8, 4) is 0 Å². The predicted octanol–water partition coefficient (Wildman–Crippen LogP) is 2.77. The molecule has 1 aliphatic rings. The molecule has 0 aliphatic heterocycles. The number of allylic oxidation sites excluding steroid dienone is 2. The topological polar surface area (TPSA) is 57.5 Å². The van der Waals surface area contributed by atoms with Gasteiger partial charge in [-0.2, -0.15) is 0 Å². The van der Waals surface area contributed by atoms with Gasteiger partial charge in [-0.15, -0.1) is 0 Å². The van der Waals surface area contributed by atoms with Crippen molar-refractivity contribution in [1.29, 1.82) is 0 Å². The van der Waals surface area contributed by atoms with Crippen LogP contribution in [0.15, 0.2) is 54.0 Å². The lowest BCUT2D eigenvalue weighted by atomic mass is 9.90. The number of benzene rings is 1. The molecule has 0 saturated heterocycles. The third kappa shape index (κ3) is 1.84. The van der Waals surface area contributed by atoms with Gasteiger partial charge in [0.25, 0.3) is 0 Å². The Morgan fingerprint density at radius 3 is 2.19 bits per heavy atom. The Labute approximate surface area is 93.4 Å². The Balaban J connectivity index is 2.32. The van der Waals surface area contributed by atoms with Gasteiger partial charge in [-0.1, -0.05) is 30.3 Å². The number of carbonyl (C=O) groups is 1. The lowest BCUT2D eigenvalue weighted by Crippen LogP contribution is -2.21. The largest absolute Gasteiger partial charge is 0.511 e. The van der Waals surface area contributed by atoms with E-state index in [9.17, 15) is 15.0 Å². The van der Waals surface area contributed by atoms with Crippen LogP contribution in [0.25, 0.3) is 0 Å². The van der Waals surface area contributed by atoms with Crippen LogP contribution in [-0.4, -0.2) is 16.0 Å². The quantitative estimate of drug-likeness (QED) is 0.747. The highest BCUT2D eigenvalue weighted by Crippen LogP contribution is 2.26. The Morgan fingerprint density at radius 1 is 1.06 bits per heavy atom. The summed E-state index contributed by atoms with van der Waals surface area (Å²) in [5.74, 6) is -1.37. The summed E-state index contributed by atoms with van der Waals surface area (Å²) >= 11 is 0. The zero-order valence-electron chi connectivity index (χ0n) is 8.63. The SMILES string of the molecule is O=C(c1ccccc1)C1C(O)=CCC=C1O. The molecule has 1 aromatic carbocycles. The highest BCUT2D eigenvalue weighted by Gasteiger charge is 2.29. The molecule has 0 saturated carbocycles. The minimum atomic E-state index is -0.934. The van der Waals surface area contributed by atoms with E-state index in [4.69, 9.17) is 0 Å². The molecule has 16 heavy (non-hydrogen) atoms. The first kappa shape index (κ1) is 10.5. The standard InChI is InChI=1S/C13H12O3/c14-10-7-4-8-11(15)12(10)13(16)9-5-2-1-3-6-9/h1-3,5-8,12,14-15H,4H2. The van der Waals surface area contributed by atoms with Crippen molar-refractivity contribution < 1.29 is 15.0 Å². The molecule has 0 fully saturated rings. The molecule has 2 rings (SSSR count). The van der Waals surface area contributed by atoms with Gasteiger partial charge in [0.05, 0.1) is 0 Å². The van der Waals surface area contributed by atoms with Crippen molar-refractivity contribution in [1.82, 2.24) is 0 Å². The number of aliphatic hydroxyl groups is 2. The zero-order valence-corrected chi connectivity index (χ0v) is 8.63. The first-order valence-electron chi connectivity index (χ1n) is 5.07. The van der Waals surface area contributed by atoms with E-state index in [-0.39, 0.29) is 17.3 Å². The molecular formula is C13H12O3. The van der Waals surface area contributed by atoms with Crippen LogP contribution in [0.2, 0.25) is 0 Å². The second kappa shape index (κ2) is 4.23. The van der Waals surface area contributed by atoms with E-state index in [1.165, 1.54) is 12.2 Å². The van der Waals surface area contributed by atoms with E-state index in [1.807, 2.05) is 6.07 Å². The van der Waals surface area contributed by atoms with Gasteiger partial charge in [0, 0.05) is 5.56 Å². The van der Waals surface area contributed by atoms with Crippen LogP contribution in [0, 0.1) is 5.92 Å². The highest BCUT2D eigenvalue weighted by atomic mass is 16.3. The Kier molecular flexibility index (Phi) is 2.77.